The van der Waals surface area contributed by atoms with E-state index < -0.39 is 11.7 Å². The zero-order chi connectivity index (χ0) is 22.9. The average Bonchev–Trinajstić information content (AvgIpc) is 3.23. The van der Waals surface area contributed by atoms with Gasteiger partial charge in [0, 0.05) is 29.0 Å². The summed E-state index contributed by atoms with van der Waals surface area (Å²) < 4.78 is 18.0. The third-order valence-corrected chi connectivity index (χ3v) is 5.66. The van der Waals surface area contributed by atoms with Gasteiger partial charge in [-0.2, -0.15) is 0 Å². The number of anilines is 1. The number of rotatable bonds is 5. The minimum Gasteiger partial charge on any atom is -0.495 e. The smallest absolute Gasteiger partial charge is 0.298 e. The Morgan fingerprint density at radius 3 is 2.61 bits per heavy atom. The summed E-state index contributed by atoms with van der Waals surface area (Å²) in [7, 11) is 1.53. The third-order valence-electron chi connectivity index (χ3n) is 5.36. The number of ketones is 1. The maximum atomic E-state index is 13.4. The van der Waals surface area contributed by atoms with Crippen LogP contribution in [-0.2, 0) is 4.79 Å². The van der Waals surface area contributed by atoms with Crippen LogP contribution in [0.3, 0.4) is 0 Å². The second-order valence-corrected chi connectivity index (χ2v) is 7.80. The Balaban J connectivity index is 1.52. The SMILES string of the molecule is COc1ccc(-c2cc3ccccn3c2C(=O)C(=O)Nc2ccc3c(c2)OCCO3)cc1Cl. The van der Waals surface area contributed by atoms with Gasteiger partial charge in [0.05, 0.1) is 12.1 Å². The van der Waals surface area contributed by atoms with Crippen LogP contribution in [0.5, 0.6) is 17.2 Å². The number of halogens is 1. The number of nitrogens with one attached hydrogen (secondary N) is 1. The average molecular weight is 463 g/mol. The van der Waals surface area contributed by atoms with E-state index in [1.54, 1.807) is 53.1 Å². The number of aromatic nitrogens is 1. The maximum absolute atomic E-state index is 13.4. The first-order valence-electron chi connectivity index (χ1n) is 10.2. The number of carbonyl (C=O) groups is 2. The van der Waals surface area contributed by atoms with Crippen molar-refractivity contribution in [2.75, 3.05) is 25.6 Å². The van der Waals surface area contributed by atoms with Crippen LogP contribution in [0.1, 0.15) is 10.5 Å². The molecule has 1 aliphatic rings. The fourth-order valence-corrected chi connectivity index (χ4v) is 4.08. The number of hydrogen-bond donors (Lipinski definition) is 1. The van der Waals surface area contributed by atoms with E-state index in [4.69, 9.17) is 25.8 Å². The molecule has 8 heteroatoms. The van der Waals surface area contributed by atoms with Gasteiger partial charge in [0.15, 0.2) is 11.5 Å². The lowest BCUT2D eigenvalue weighted by molar-refractivity contribution is -0.112. The van der Waals surface area contributed by atoms with Crippen molar-refractivity contribution in [2.45, 2.75) is 0 Å². The predicted octanol–water partition coefficient (Wildman–Crippen LogP) is 4.86. The monoisotopic (exact) mass is 462 g/mol. The summed E-state index contributed by atoms with van der Waals surface area (Å²) in [6.45, 7) is 0.893. The van der Waals surface area contributed by atoms with Crippen LogP contribution in [0.2, 0.25) is 5.02 Å². The second kappa shape index (κ2) is 8.52. The normalized spacial score (nSPS) is 12.4. The molecule has 0 radical (unpaired) electrons. The number of benzene rings is 2. The molecule has 0 atom stereocenters. The van der Waals surface area contributed by atoms with Gasteiger partial charge in [-0.15, -0.1) is 0 Å². The van der Waals surface area contributed by atoms with Crippen molar-refractivity contribution in [3.05, 3.63) is 77.6 Å². The number of Topliss-reactive ketones (excluding diaryl/α,β-unsaturated/α-hetero) is 1. The molecule has 4 aromatic rings. The highest BCUT2D eigenvalue weighted by Gasteiger charge is 2.25. The molecular weight excluding hydrogens is 444 g/mol. The van der Waals surface area contributed by atoms with Crippen molar-refractivity contribution in [2.24, 2.45) is 0 Å². The van der Waals surface area contributed by atoms with E-state index in [9.17, 15) is 9.59 Å². The van der Waals surface area contributed by atoms with E-state index in [-0.39, 0.29) is 5.69 Å². The van der Waals surface area contributed by atoms with Gasteiger partial charge in [-0.05, 0) is 48.0 Å². The lowest BCUT2D eigenvalue weighted by atomic mass is 10.0. The number of fused-ring (bicyclic) bond motifs is 2. The molecule has 0 fully saturated rings. The molecule has 1 N–H and O–H groups in total. The van der Waals surface area contributed by atoms with Gasteiger partial charge in [-0.1, -0.05) is 23.7 Å². The Labute approximate surface area is 194 Å². The van der Waals surface area contributed by atoms with Crippen molar-refractivity contribution < 1.29 is 23.8 Å². The number of carbonyl (C=O) groups excluding carboxylic acids is 2. The van der Waals surface area contributed by atoms with E-state index in [2.05, 4.69) is 5.32 Å². The number of methoxy groups -OCH3 is 1. The van der Waals surface area contributed by atoms with Gasteiger partial charge < -0.3 is 23.9 Å². The summed E-state index contributed by atoms with van der Waals surface area (Å²) in [5, 5.41) is 3.08. The Hall–Kier alpha value is -3.97. The van der Waals surface area contributed by atoms with E-state index in [1.165, 1.54) is 7.11 Å². The molecule has 0 unspecified atom stereocenters. The summed E-state index contributed by atoms with van der Waals surface area (Å²) in [5.74, 6) is 0.192. The highest BCUT2D eigenvalue weighted by Crippen LogP contribution is 2.35. The highest BCUT2D eigenvalue weighted by molar-refractivity contribution is 6.47. The first-order valence-corrected chi connectivity index (χ1v) is 10.6. The van der Waals surface area contributed by atoms with Gasteiger partial charge >= 0.3 is 0 Å². The van der Waals surface area contributed by atoms with Crippen LogP contribution in [-0.4, -0.2) is 36.4 Å². The Morgan fingerprint density at radius 1 is 1.00 bits per heavy atom. The first kappa shape index (κ1) is 20.9. The van der Waals surface area contributed by atoms with Gasteiger partial charge in [0.2, 0.25) is 0 Å². The predicted molar refractivity (Wildman–Crippen MR) is 125 cm³/mol. The van der Waals surface area contributed by atoms with Gasteiger partial charge in [0.1, 0.15) is 24.7 Å². The van der Waals surface area contributed by atoms with Crippen molar-refractivity contribution in [3.63, 3.8) is 0 Å². The quantitative estimate of drug-likeness (QED) is 0.338. The molecule has 1 amide bonds. The Bertz CT molecular complexity index is 1400. The molecule has 0 spiro atoms. The summed E-state index contributed by atoms with van der Waals surface area (Å²) in [5.41, 5.74) is 2.73. The van der Waals surface area contributed by atoms with Crippen LogP contribution in [0.15, 0.2) is 66.9 Å². The lowest BCUT2D eigenvalue weighted by Gasteiger charge is -2.19. The number of nitrogens with zero attached hydrogens (tertiary/aromatic N) is 1. The number of amides is 1. The van der Waals surface area contributed by atoms with Crippen LogP contribution in [0, 0.1) is 0 Å². The zero-order valence-corrected chi connectivity index (χ0v) is 18.4. The molecule has 1 aliphatic heterocycles. The first-order chi connectivity index (χ1) is 16.0. The third kappa shape index (κ3) is 3.87. The van der Waals surface area contributed by atoms with Crippen LogP contribution >= 0.6 is 11.6 Å². The van der Waals surface area contributed by atoms with Crippen LogP contribution < -0.4 is 19.5 Å². The number of ether oxygens (including phenoxy) is 3. The molecule has 5 rings (SSSR count). The van der Waals surface area contributed by atoms with E-state index in [0.717, 1.165) is 5.52 Å². The summed E-state index contributed by atoms with van der Waals surface area (Å²) in [6, 6.07) is 17.6. The van der Waals surface area contributed by atoms with Crippen LogP contribution in [0.25, 0.3) is 16.6 Å². The second-order valence-electron chi connectivity index (χ2n) is 7.39. The van der Waals surface area contributed by atoms with Gasteiger partial charge in [-0.3, -0.25) is 9.59 Å². The van der Waals surface area contributed by atoms with Gasteiger partial charge in [-0.25, -0.2) is 0 Å². The standard InChI is InChI=1S/C25H19ClN2O5/c1-31-20-7-5-15(12-19(20)26)18-14-17-4-2-3-9-28(17)23(18)24(29)25(30)27-16-6-8-21-22(13-16)33-11-10-32-21/h2-9,12-14H,10-11H2,1H3,(H,27,30). The van der Waals surface area contributed by atoms with Crippen molar-refractivity contribution in [3.8, 4) is 28.4 Å². The zero-order valence-electron chi connectivity index (χ0n) is 17.6. The number of hydrogen-bond acceptors (Lipinski definition) is 5. The van der Waals surface area contributed by atoms with E-state index >= 15 is 0 Å². The topological polar surface area (TPSA) is 78.3 Å². The molecule has 2 aromatic carbocycles. The number of pyridine rings is 1. The molecule has 0 saturated heterocycles. The lowest BCUT2D eigenvalue weighted by Crippen LogP contribution is -2.25. The summed E-state index contributed by atoms with van der Waals surface area (Å²) >= 11 is 6.32. The molecular formula is C25H19ClN2O5. The molecule has 3 heterocycles. The van der Waals surface area contributed by atoms with Crippen LogP contribution in [0.4, 0.5) is 5.69 Å². The van der Waals surface area contributed by atoms with Crippen molar-refractivity contribution in [1.29, 1.82) is 0 Å². The van der Waals surface area contributed by atoms with Gasteiger partial charge in [0.25, 0.3) is 11.7 Å². The minimum absolute atomic E-state index is 0.238. The fourth-order valence-electron chi connectivity index (χ4n) is 3.83. The highest BCUT2D eigenvalue weighted by atomic mass is 35.5. The molecule has 166 valence electrons. The summed E-state index contributed by atoms with van der Waals surface area (Å²) in [6.07, 6.45) is 1.74. The Morgan fingerprint density at radius 2 is 1.82 bits per heavy atom. The van der Waals surface area contributed by atoms with E-state index in [1.807, 2.05) is 18.2 Å². The largest absolute Gasteiger partial charge is 0.495 e. The van der Waals surface area contributed by atoms with Crippen molar-refractivity contribution in [1.82, 2.24) is 4.40 Å². The molecule has 0 aliphatic carbocycles. The minimum atomic E-state index is -0.767. The maximum Gasteiger partial charge on any atom is 0.298 e. The molecule has 2 aromatic heterocycles. The summed E-state index contributed by atoms with van der Waals surface area (Å²) in [4.78, 5) is 26.3. The molecule has 33 heavy (non-hydrogen) atoms. The van der Waals surface area contributed by atoms with E-state index in [0.29, 0.717) is 52.3 Å². The molecule has 0 bridgehead atoms. The van der Waals surface area contributed by atoms with Crippen molar-refractivity contribution >= 4 is 34.5 Å². The molecule has 7 nitrogen and oxygen atoms in total. The molecule has 0 saturated carbocycles. The Kier molecular flexibility index (Phi) is 5.40. The fraction of sp³-hybridized carbons (Fsp3) is 0.120.